The molecule has 1 aromatic rings. The molecule has 0 aromatic heterocycles. The number of likely N-dealkylation sites (N-methyl/N-ethyl adjacent to an activating group) is 1. The molecule has 0 atom stereocenters. The molecule has 7 heteroatoms. The van der Waals surface area contributed by atoms with Gasteiger partial charge in [-0.15, -0.1) is 0 Å². The minimum Gasteiger partial charge on any atom is -0.362 e. The minimum absolute atomic E-state index is 0.0342. The van der Waals surface area contributed by atoms with E-state index in [1.165, 1.54) is 19.2 Å². The van der Waals surface area contributed by atoms with Crippen LogP contribution >= 0.6 is 0 Å². The lowest BCUT2D eigenvalue weighted by molar-refractivity contribution is -0.137. The number of carbonyl (C=O) groups excluding carboxylic acids is 1. The van der Waals surface area contributed by atoms with Crippen LogP contribution in [0.25, 0.3) is 0 Å². The van der Waals surface area contributed by atoms with Crippen LogP contribution in [-0.4, -0.2) is 26.0 Å². The van der Waals surface area contributed by atoms with Crippen LogP contribution in [0, 0.1) is 11.3 Å². The van der Waals surface area contributed by atoms with Gasteiger partial charge in [-0.2, -0.15) is 18.4 Å². The summed E-state index contributed by atoms with van der Waals surface area (Å²) in [6, 6.07) is 5.00. The van der Waals surface area contributed by atoms with Crippen LogP contribution in [0.2, 0.25) is 0 Å². The lowest BCUT2D eigenvalue weighted by Gasteiger charge is -2.24. The second kappa shape index (κ2) is 6.97. The molecule has 0 aliphatic carbocycles. The first kappa shape index (κ1) is 16.8. The SMILES string of the molecule is CCCN(CC(=O)NC)c1ccc(C#N)c(C(F)(F)F)c1. The Labute approximate surface area is 121 Å². The van der Waals surface area contributed by atoms with Crippen molar-refractivity contribution in [2.24, 2.45) is 0 Å². The van der Waals surface area contributed by atoms with Crippen molar-refractivity contribution in [2.45, 2.75) is 19.5 Å². The first-order valence-electron chi connectivity index (χ1n) is 6.40. The number of halogens is 3. The fraction of sp³-hybridized carbons (Fsp3) is 0.429. The average molecular weight is 299 g/mol. The van der Waals surface area contributed by atoms with E-state index in [-0.39, 0.29) is 18.1 Å². The van der Waals surface area contributed by atoms with E-state index in [2.05, 4.69) is 5.32 Å². The number of alkyl halides is 3. The van der Waals surface area contributed by atoms with E-state index in [1.807, 2.05) is 6.92 Å². The van der Waals surface area contributed by atoms with Crippen molar-refractivity contribution in [1.29, 1.82) is 5.26 Å². The van der Waals surface area contributed by atoms with Gasteiger partial charge in [0.25, 0.3) is 0 Å². The predicted molar refractivity (Wildman–Crippen MR) is 72.7 cm³/mol. The number of amides is 1. The first-order valence-corrected chi connectivity index (χ1v) is 6.40. The highest BCUT2D eigenvalue weighted by molar-refractivity contribution is 5.81. The summed E-state index contributed by atoms with van der Waals surface area (Å²) in [5.41, 5.74) is -1.14. The largest absolute Gasteiger partial charge is 0.417 e. The average Bonchev–Trinajstić information content (AvgIpc) is 2.45. The van der Waals surface area contributed by atoms with E-state index in [4.69, 9.17) is 5.26 Å². The van der Waals surface area contributed by atoms with Crippen molar-refractivity contribution in [1.82, 2.24) is 5.32 Å². The van der Waals surface area contributed by atoms with Gasteiger partial charge in [0.15, 0.2) is 0 Å². The van der Waals surface area contributed by atoms with Crippen molar-refractivity contribution in [3.8, 4) is 6.07 Å². The molecule has 1 amide bonds. The summed E-state index contributed by atoms with van der Waals surface area (Å²) in [5, 5.41) is 11.2. The smallest absolute Gasteiger partial charge is 0.362 e. The van der Waals surface area contributed by atoms with Crippen molar-refractivity contribution < 1.29 is 18.0 Å². The van der Waals surface area contributed by atoms with Crippen LogP contribution in [0.3, 0.4) is 0 Å². The number of hydrogen-bond acceptors (Lipinski definition) is 3. The molecule has 1 aromatic carbocycles. The summed E-state index contributed by atoms with van der Waals surface area (Å²) in [5.74, 6) is -0.290. The lowest BCUT2D eigenvalue weighted by atomic mass is 10.1. The van der Waals surface area contributed by atoms with Gasteiger partial charge in [0.1, 0.15) is 0 Å². The van der Waals surface area contributed by atoms with Crippen LogP contribution in [0.15, 0.2) is 18.2 Å². The Morgan fingerprint density at radius 3 is 2.57 bits per heavy atom. The zero-order valence-corrected chi connectivity index (χ0v) is 11.8. The zero-order chi connectivity index (χ0) is 16.0. The van der Waals surface area contributed by atoms with Crippen molar-refractivity contribution in [3.63, 3.8) is 0 Å². The molecule has 0 heterocycles. The number of hydrogen-bond donors (Lipinski definition) is 1. The lowest BCUT2D eigenvalue weighted by Crippen LogP contribution is -2.36. The van der Waals surface area contributed by atoms with E-state index in [1.54, 1.807) is 4.90 Å². The molecule has 21 heavy (non-hydrogen) atoms. The highest BCUT2D eigenvalue weighted by Crippen LogP contribution is 2.34. The Morgan fingerprint density at radius 1 is 1.43 bits per heavy atom. The maximum Gasteiger partial charge on any atom is 0.417 e. The number of benzene rings is 1. The molecule has 0 saturated carbocycles. The molecule has 0 saturated heterocycles. The highest BCUT2D eigenvalue weighted by Gasteiger charge is 2.34. The molecule has 114 valence electrons. The van der Waals surface area contributed by atoms with Gasteiger partial charge in [-0.05, 0) is 24.6 Å². The van der Waals surface area contributed by atoms with Gasteiger partial charge < -0.3 is 10.2 Å². The predicted octanol–water partition coefficient (Wildman–Crippen LogP) is 2.54. The second-order valence-corrected chi connectivity index (χ2v) is 4.43. The third-order valence-corrected chi connectivity index (χ3v) is 2.90. The summed E-state index contributed by atoms with van der Waals surface area (Å²) < 4.78 is 38.8. The van der Waals surface area contributed by atoms with Gasteiger partial charge in [-0.1, -0.05) is 6.92 Å². The van der Waals surface area contributed by atoms with Crippen LogP contribution in [-0.2, 0) is 11.0 Å². The molecule has 1 rings (SSSR count). The molecule has 0 spiro atoms. The molecular formula is C14H16F3N3O. The third kappa shape index (κ3) is 4.38. The first-order chi connectivity index (χ1) is 9.83. The molecule has 0 aliphatic heterocycles. The zero-order valence-electron chi connectivity index (χ0n) is 11.8. The Bertz CT molecular complexity index is 549. The minimum atomic E-state index is -4.61. The van der Waals surface area contributed by atoms with E-state index in [0.717, 1.165) is 12.1 Å². The Hall–Kier alpha value is -2.23. The topological polar surface area (TPSA) is 56.1 Å². The summed E-state index contributed by atoms with van der Waals surface area (Å²) in [4.78, 5) is 13.0. The molecule has 4 nitrogen and oxygen atoms in total. The maximum absolute atomic E-state index is 12.9. The van der Waals surface area contributed by atoms with E-state index >= 15 is 0 Å². The summed E-state index contributed by atoms with van der Waals surface area (Å²) in [6.07, 6.45) is -3.93. The van der Waals surface area contributed by atoms with Crippen LogP contribution < -0.4 is 10.2 Å². The number of rotatable bonds is 5. The van der Waals surface area contributed by atoms with E-state index < -0.39 is 17.3 Å². The van der Waals surface area contributed by atoms with E-state index in [0.29, 0.717) is 13.0 Å². The number of nitriles is 1. The van der Waals surface area contributed by atoms with Crippen LogP contribution in [0.1, 0.15) is 24.5 Å². The molecular weight excluding hydrogens is 283 g/mol. The van der Waals surface area contributed by atoms with Crippen LogP contribution in [0.4, 0.5) is 18.9 Å². The van der Waals surface area contributed by atoms with Crippen molar-refractivity contribution in [3.05, 3.63) is 29.3 Å². The van der Waals surface area contributed by atoms with Crippen LogP contribution in [0.5, 0.6) is 0 Å². The van der Waals surface area contributed by atoms with Gasteiger partial charge in [0, 0.05) is 19.3 Å². The van der Waals surface area contributed by atoms with Crippen molar-refractivity contribution >= 4 is 11.6 Å². The monoisotopic (exact) mass is 299 g/mol. The molecule has 0 radical (unpaired) electrons. The Balaban J connectivity index is 3.21. The van der Waals surface area contributed by atoms with Gasteiger partial charge in [0.2, 0.25) is 5.91 Å². The third-order valence-electron chi connectivity index (χ3n) is 2.90. The summed E-state index contributed by atoms with van der Waals surface area (Å²) >= 11 is 0. The van der Waals surface area contributed by atoms with Gasteiger partial charge >= 0.3 is 6.18 Å². The van der Waals surface area contributed by atoms with Crippen molar-refractivity contribution in [2.75, 3.05) is 25.0 Å². The number of anilines is 1. The van der Waals surface area contributed by atoms with Gasteiger partial charge in [-0.3, -0.25) is 4.79 Å². The number of carbonyl (C=O) groups is 1. The molecule has 0 bridgehead atoms. The van der Waals surface area contributed by atoms with Gasteiger partial charge in [-0.25, -0.2) is 0 Å². The standard InChI is InChI=1S/C14H16F3N3O/c1-3-6-20(9-13(21)19-2)11-5-4-10(8-18)12(7-11)14(15,16)17/h4-5,7H,3,6,9H2,1-2H3,(H,19,21). The highest BCUT2D eigenvalue weighted by atomic mass is 19.4. The summed E-state index contributed by atoms with van der Waals surface area (Å²) in [6.45, 7) is 2.27. The number of nitrogens with zero attached hydrogens (tertiary/aromatic N) is 2. The molecule has 0 aliphatic rings. The maximum atomic E-state index is 12.9. The van der Waals surface area contributed by atoms with E-state index in [9.17, 15) is 18.0 Å². The normalized spacial score (nSPS) is 10.9. The molecule has 0 unspecified atom stereocenters. The molecule has 1 N–H and O–H groups in total. The Morgan fingerprint density at radius 2 is 2.10 bits per heavy atom. The summed E-state index contributed by atoms with van der Waals surface area (Å²) in [7, 11) is 1.46. The quantitative estimate of drug-likeness (QED) is 0.909. The van der Waals surface area contributed by atoms with Gasteiger partial charge in [0.05, 0.1) is 23.7 Å². The fourth-order valence-corrected chi connectivity index (χ4v) is 1.88. The number of nitrogens with one attached hydrogen (secondary N) is 1. The molecule has 0 fully saturated rings. The fourth-order valence-electron chi connectivity index (χ4n) is 1.88. The Kier molecular flexibility index (Phi) is 5.59. The second-order valence-electron chi connectivity index (χ2n) is 4.43.